The highest BCUT2D eigenvalue weighted by molar-refractivity contribution is 5.38. The fourth-order valence-corrected chi connectivity index (χ4v) is 1.25. The van der Waals surface area contributed by atoms with E-state index in [1.54, 1.807) is 14.2 Å². The second kappa shape index (κ2) is 5.69. The molecule has 1 aromatic rings. The number of ether oxygens (including phenoxy) is 1. The normalized spacial score (nSPS) is 10.6. The van der Waals surface area contributed by atoms with Crippen molar-refractivity contribution in [3.8, 4) is 0 Å². The Morgan fingerprint density at radius 3 is 2.62 bits per heavy atom. The Bertz CT molecular complexity index is 360. The van der Waals surface area contributed by atoms with Gasteiger partial charge in [-0.2, -0.15) is 9.37 Å². The maximum absolute atomic E-state index is 13.2. The van der Waals surface area contributed by atoms with E-state index in [2.05, 4.69) is 4.98 Å². The van der Waals surface area contributed by atoms with Gasteiger partial charge in [0.25, 0.3) is 5.95 Å². The third-order valence-electron chi connectivity index (χ3n) is 2.07. The van der Waals surface area contributed by atoms with Crippen LogP contribution in [0.25, 0.3) is 0 Å². The van der Waals surface area contributed by atoms with Gasteiger partial charge in [0.05, 0.1) is 0 Å². The van der Waals surface area contributed by atoms with Gasteiger partial charge in [0, 0.05) is 33.4 Å². The predicted octanol–water partition coefficient (Wildman–Crippen LogP) is 1.97. The molecule has 0 saturated carbocycles. The van der Waals surface area contributed by atoms with Crippen molar-refractivity contribution in [2.24, 2.45) is 0 Å². The highest BCUT2D eigenvalue weighted by Crippen LogP contribution is 2.17. The molecule has 0 N–H and O–H groups in total. The molecule has 0 spiro atoms. The molecule has 1 heterocycles. The highest BCUT2D eigenvalue weighted by atomic mass is 19.2. The van der Waals surface area contributed by atoms with Gasteiger partial charge in [-0.1, -0.05) is 0 Å². The van der Waals surface area contributed by atoms with Gasteiger partial charge in [-0.15, -0.1) is 0 Å². The summed E-state index contributed by atoms with van der Waals surface area (Å²) in [5.74, 6) is -3.66. The van der Waals surface area contributed by atoms with Crippen molar-refractivity contribution in [2.45, 2.75) is 6.42 Å². The molecule has 90 valence electrons. The number of methoxy groups -OCH3 is 1. The van der Waals surface area contributed by atoms with Crippen LogP contribution >= 0.6 is 0 Å². The standard InChI is InChI=1S/C10H13F3N2O/c1-15(4-3-5-16-2)10-8(12)6-7(11)9(13)14-10/h6H,3-5H2,1-2H3. The van der Waals surface area contributed by atoms with E-state index < -0.39 is 17.6 Å². The molecule has 6 heteroatoms. The van der Waals surface area contributed by atoms with Crippen molar-refractivity contribution in [1.82, 2.24) is 4.98 Å². The Labute approximate surface area is 91.8 Å². The molecule has 0 fully saturated rings. The molecular weight excluding hydrogens is 221 g/mol. The molecule has 0 saturated heterocycles. The van der Waals surface area contributed by atoms with Gasteiger partial charge in [0.15, 0.2) is 17.5 Å². The third kappa shape index (κ3) is 3.10. The maximum atomic E-state index is 13.2. The summed E-state index contributed by atoms with van der Waals surface area (Å²) >= 11 is 0. The number of hydrogen-bond donors (Lipinski definition) is 0. The molecule has 3 nitrogen and oxygen atoms in total. The summed E-state index contributed by atoms with van der Waals surface area (Å²) in [7, 11) is 3.11. The summed E-state index contributed by atoms with van der Waals surface area (Å²) in [6.07, 6.45) is 0.646. The summed E-state index contributed by atoms with van der Waals surface area (Å²) in [4.78, 5) is 4.63. The van der Waals surface area contributed by atoms with E-state index in [4.69, 9.17) is 4.74 Å². The molecule has 0 aliphatic rings. The first-order valence-corrected chi connectivity index (χ1v) is 4.78. The minimum atomic E-state index is -1.30. The Kier molecular flexibility index (Phi) is 4.54. The van der Waals surface area contributed by atoms with Crippen LogP contribution in [0.15, 0.2) is 6.07 Å². The predicted molar refractivity (Wildman–Crippen MR) is 53.9 cm³/mol. The van der Waals surface area contributed by atoms with Crippen LogP contribution in [0, 0.1) is 17.6 Å². The molecule has 0 amide bonds. The second-order valence-corrected chi connectivity index (χ2v) is 3.33. The fraction of sp³-hybridized carbons (Fsp3) is 0.500. The van der Waals surface area contributed by atoms with Gasteiger partial charge in [0.2, 0.25) is 0 Å². The van der Waals surface area contributed by atoms with Crippen molar-refractivity contribution in [2.75, 3.05) is 32.2 Å². The minimum Gasteiger partial charge on any atom is -0.385 e. The Hall–Kier alpha value is -1.30. The lowest BCUT2D eigenvalue weighted by Crippen LogP contribution is -2.22. The van der Waals surface area contributed by atoms with Crippen molar-refractivity contribution in [1.29, 1.82) is 0 Å². The zero-order valence-corrected chi connectivity index (χ0v) is 9.14. The average molecular weight is 234 g/mol. The van der Waals surface area contributed by atoms with Gasteiger partial charge >= 0.3 is 0 Å². The summed E-state index contributed by atoms with van der Waals surface area (Å²) in [6.45, 7) is 0.957. The first-order chi connectivity index (χ1) is 7.56. The van der Waals surface area contributed by atoms with Crippen LogP contribution in [-0.2, 0) is 4.74 Å². The first kappa shape index (κ1) is 12.8. The molecular formula is C10H13F3N2O. The van der Waals surface area contributed by atoms with Crippen LogP contribution in [-0.4, -0.2) is 32.3 Å². The van der Waals surface area contributed by atoms with Crippen LogP contribution in [0.2, 0.25) is 0 Å². The molecule has 0 aliphatic carbocycles. The number of aromatic nitrogens is 1. The zero-order valence-electron chi connectivity index (χ0n) is 9.14. The van der Waals surface area contributed by atoms with Crippen molar-refractivity contribution in [3.63, 3.8) is 0 Å². The molecule has 16 heavy (non-hydrogen) atoms. The average Bonchev–Trinajstić information content (AvgIpc) is 2.23. The molecule has 1 aromatic heterocycles. The number of halogens is 3. The minimum absolute atomic E-state index is 0.199. The monoisotopic (exact) mass is 234 g/mol. The number of hydrogen-bond acceptors (Lipinski definition) is 3. The maximum Gasteiger partial charge on any atom is 0.251 e. The molecule has 0 atom stereocenters. The molecule has 1 rings (SSSR count). The van der Waals surface area contributed by atoms with Crippen LogP contribution in [0.1, 0.15) is 6.42 Å². The lowest BCUT2D eigenvalue weighted by Gasteiger charge is -2.18. The largest absolute Gasteiger partial charge is 0.385 e. The van der Waals surface area contributed by atoms with E-state index in [-0.39, 0.29) is 5.82 Å². The van der Waals surface area contributed by atoms with E-state index in [0.717, 1.165) is 0 Å². The van der Waals surface area contributed by atoms with E-state index in [1.807, 2.05) is 0 Å². The highest BCUT2D eigenvalue weighted by Gasteiger charge is 2.14. The Morgan fingerprint density at radius 2 is 2.00 bits per heavy atom. The molecule has 0 bridgehead atoms. The van der Waals surface area contributed by atoms with Crippen molar-refractivity contribution in [3.05, 3.63) is 23.6 Å². The van der Waals surface area contributed by atoms with Crippen LogP contribution in [0.4, 0.5) is 19.0 Å². The van der Waals surface area contributed by atoms with Gasteiger partial charge in [-0.05, 0) is 6.42 Å². The molecule has 0 aliphatic heterocycles. The number of nitrogens with zero attached hydrogens (tertiary/aromatic N) is 2. The zero-order chi connectivity index (χ0) is 12.1. The summed E-state index contributed by atoms with van der Waals surface area (Å²) < 4.78 is 43.5. The number of anilines is 1. The smallest absolute Gasteiger partial charge is 0.251 e. The van der Waals surface area contributed by atoms with Crippen molar-refractivity contribution >= 4 is 5.82 Å². The van der Waals surface area contributed by atoms with E-state index in [9.17, 15) is 13.2 Å². The quantitative estimate of drug-likeness (QED) is 0.575. The topological polar surface area (TPSA) is 25.4 Å². The van der Waals surface area contributed by atoms with Crippen LogP contribution < -0.4 is 4.90 Å². The van der Waals surface area contributed by atoms with Gasteiger partial charge in [0.1, 0.15) is 0 Å². The number of rotatable bonds is 5. The third-order valence-corrected chi connectivity index (χ3v) is 2.07. The van der Waals surface area contributed by atoms with E-state index >= 15 is 0 Å². The van der Waals surface area contributed by atoms with E-state index in [1.165, 1.54) is 4.90 Å². The van der Waals surface area contributed by atoms with E-state index in [0.29, 0.717) is 25.6 Å². The Morgan fingerprint density at radius 1 is 1.31 bits per heavy atom. The van der Waals surface area contributed by atoms with Crippen molar-refractivity contribution < 1.29 is 17.9 Å². The van der Waals surface area contributed by atoms with Gasteiger partial charge in [-0.3, -0.25) is 0 Å². The summed E-state index contributed by atoms with van der Waals surface area (Å²) in [5.41, 5.74) is 0. The Balaban J connectivity index is 2.75. The molecule has 0 radical (unpaired) electrons. The summed E-state index contributed by atoms with van der Waals surface area (Å²) in [5, 5.41) is 0. The van der Waals surface area contributed by atoms with Gasteiger partial charge < -0.3 is 9.64 Å². The lowest BCUT2D eigenvalue weighted by atomic mass is 10.3. The van der Waals surface area contributed by atoms with Gasteiger partial charge in [-0.25, -0.2) is 8.78 Å². The first-order valence-electron chi connectivity index (χ1n) is 4.78. The lowest BCUT2D eigenvalue weighted by molar-refractivity contribution is 0.196. The SMILES string of the molecule is COCCCN(C)c1nc(F)c(F)cc1F. The number of pyridine rings is 1. The molecule has 0 aromatic carbocycles. The molecule has 0 unspecified atom stereocenters. The van der Waals surface area contributed by atoms with Crippen LogP contribution in [0.5, 0.6) is 0 Å². The summed E-state index contributed by atoms with van der Waals surface area (Å²) in [6, 6.07) is 0.491. The fourth-order valence-electron chi connectivity index (χ4n) is 1.25. The second-order valence-electron chi connectivity index (χ2n) is 3.33. The van der Waals surface area contributed by atoms with Crippen LogP contribution in [0.3, 0.4) is 0 Å².